The van der Waals surface area contributed by atoms with Crippen LogP contribution in [-0.4, -0.2) is 0 Å². The SMILES string of the molecule is Cc1ccc(/C(C#N)=C/c2ccc3ccc4c(/C=C(\C#N)c5ccc(C(F)(F)F)cc5)ccc5ccc2c3c54)cc1. The Kier molecular flexibility index (Phi) is 6.29. The molecule has 0 spiro atoms. The van der Waals surface area contributed by atoms with Gasteiger partial charge in [0.15, 0.2) is 0 Å². The topological polar surface area (TPSA) is 47.6 Å². The molecule has 0 N–H and O–H groups in total. The molecule has 0 unspecified atom stereocenters. The standard InChI is InChI=1S/C36H21F3N2/c1-22-2-4-23(5-3-22)29(20-40)18-27-8-6-25-13-17-33-28(9-7-26-12-16-32(27)34(25)35(26)33)19-30(21-41)24-10-14-31(15-11-24)36(37,38)39/h2-19H,1H3/b29-18+,30-19+. The minimum Gasteiger partial charge on any atom is -0.192 e. The molecule has 0 bridgehead atoms. The van der Waals surface area contributed by atoms with Crippen molar-refractivity contribution in [2.75, 3.05) is 0 Å². The second-order valence-electron chi connectivity index (χ2n) is 10.0. The molecule has 196 valence electrons. The lowest BCUT2D eigenvalue weighted by atomic mass is 9.89. The maximum atomic E-state index is 13.0. The Balaban J connectivity index is 1.52. The number of hydrogen-bond donors (Lipinski definition) is 0. The van der Waals surface area contributed by atoms with Gasteiger partial charge < -0.3 is 0 Å². The lowest BCUT2D eigenvalue weighted by Gasteiger charge is -2.15. The molecule has 2 nitrogen and oxygen atoms in total. The Hall–Kier alpha value is -5.39. The van der Waals surface area contributed by atoms with E-state index in [1.807, 2.05) is 79.7 Å². The summed E-state index contributed by atoms with van der Waals surface area (Å²) in [6.07, 6.45) is -0.806. The van der Waals surface area contributed by atoms with Gasteiger partial charge in [0.05, 0.1) is 28.8 Å². The molecule has 0 radical (unpaired) electrons. The average Bonchev–Trinajstić information content (AvgIpc) is 2.98. The van der Waals surface area contributed by atoms with Gasteiger partial charge in [-0.05, 0) is 85.8 Å². The van der Waals surface area contributed by atoms with Crippen molar-refractivity contribution in [1.82, 2.24) is 0 Å². The number of hydrogen-bond acceptors (Lipinski definition) is 2. The molecule has 0 fully saturated rings. The molecule has 0 saturated heterocycles. The van der Waals surface area contributed by atoms with E-state index in [9.17, 15) is 23.7 Å². The summed E-state index contributed by atoms with van der Waals surface area (Å²) in [5.41, 5.74) is 4.19. The first-order chi connectivity index (χ1) is 19.8. The molecule has 0 aliphatic heterocycles. The molecule has 5 heteroatoms. The van der Waals surface area contributed by atoms with Gasteiger partial charge in [0.25, 0.3) is 0 Å². The number of rotatable bonds is 4. The zero-order valence-electron chi connectivity index (χ0n) is 21.9. The number of halogens is 3. The second kappa shape index (κ2) is 9.97. The van der Waals surface area contributed by atoms with Crippen molar-refractivity contribution in [2.45, 2.75) is 13.1 Å². The Morgan fingerprint density at radius 3 is 1.41 bits per heavy atom. The summed E-state index contributed by atoms with van der Waals surface area (Å²) in [5, 5.41) is 25.9. The van der Waals surface area contributed by atoms with Gasteiger partial charge in [0.1, 0.15) is 0 Å². The predicted octanol–water partition coefficient (Wildman–Crippen LogP) is 10.0. The Labute approximate surface area is 234 Å². The summed E-state index contributed by atoms with van der Waals surface area (Å²) in [7, 11) is 0. The lowest BCUT2D eigenvalue weighted by molar-refractivity contribution is -0.137. The number of alkyl halides is 3. The smallest absolute Gasteiger partial charge is 0.192 e. The quantitative estimate of drug-likeness (QED) is 0.127. The van der Waals surface area contributed by atoms with Crippen molar-refractivity contribution in [2.24, 2.45) is 0 Å². The molecule has 0 heterocycles. The highest BCUT2D eigenvalue weighted by Gasteiger charge is 2.30. The van der Waals surface area contributed by atoms with E-state index in [2.05, 4.69) is 18.2 Å². The number of nitrogens with zero attached hydrogens (tertiary/aromatic N) is 2. The number of benzene rings is 6. The highest BCUT2D eigenvalue weighted by Crippen LogP contribution is 2.39. The van der Waals surface area contributed by atoms with Crippen molar-refractivity contribution in [3.63, 3.8) is 0 Å². The minimum absolute atomic E-state index is 0.272. The molecule has 0 aliphatic carbocycles. The van der Waals surface area contributed by atoms with Crippen LogP contribution in [0, 0.1) is 29.6 Å². The molecule has 0 amide bonds. The number of allylic oxidation sites excluding steroid dienone is 2. The molecule has 0 aliphatic rings. The van der Waals surface area contributed by atoms with Gasteiger partial charge in [0.2, 0.25) is 0 Å². The van der Waals surface area contributed by atoms with Crippen LogP contribution in [0.15, 0.2) is 97.1 Å². The van der Waals surface area contributed by atoms with E-state index in [1.165, 1.54) is 12.1 Å². The van der Waals surface area contributed by atoms with Crippen LogP contribution in [0.5, 0.6) is 0 Å². The van der Waals surface area contributed by atoms with Gasteiger partial charge in [-0.2, -0.15) is 23.7 Å². The molecule has 0 aromatic heterocycles. The van der Waals surface area contributed by atoms with E-state index >= 15 is 0 Å². The van der Waals surface area contributed by atoms with E-state index in [0.717, 1.165) is 66.7 Å². The van der Waals surface area contributed by atoms with E-state index in [-0.39, 0.29) is 5.57 Å². The highest BCUT2D eigenvalue weighted by atomic mass is 19.4. The van der Waals surface area contributed by atoms with Crippen LogP contribution in [0.4, 0.5) is 13.2 Å². The normalized spacial score (nSPS) is 12.6. The molecule has 6 aromatic carbocycles. The minimum atomic E-state index is -4.44. The molecule has 6 rings (SSSR count). The van der Waals surface area contributed by atoms with E-state index < -0.39 is 11.7 Å². The molecule has 0 atom stereocenters. The first-order valence-electron chi connectivity index (χ1n) is 13.0. The summed E-state index contributed by atoms with van der Waals surface area (Å²) in [5.74, 6) is 0. The third kappa shape index (κ3) is 4.69. The second-order valence-corrected chi connectivity index (χ2v) is 10.0. The first kappa shape index (κ1) is 25.9. The maximum Gasteiger partial charge on any atom is 0.416 e. The fraction of sp³-hybridized carbons (Fsp3) is 0.0556. The molecular formula is C36H21F3N2. The van der Waals surface area contributed by atoms with Crippen molar-refractivity contribution < 1.29 is 13.2 Å². The van der Waals surface area contributed by atoms with Crippen molar-refractivity contribution >= 4 is 55.6 Å². The Bertz CT molecular complexity index is 2080. The van der Waals surface area contributed by atoms with Gasteiger partial charge >= 0.3 is 6.18 Å². The summed E-state index contributed by atoms with van der Waals surface area (Å²) in [4.78, 5) is 0. The molecule has 41 heavy (non-hydrogen) atoms. The Morgan fingerprint density at radius 1 is 0.585 bits per heavy atom. The van der Waals surface area contributed by atoms with Crippen LogP contribution < -0.4 is 0 Å². The summed E-state index contributed by atoms with van der Waals surface area (Å²) in [6, 6.07) is 33.1. The van der Waals surface area contributed by atoms with Gasteiger partial charge in [-0.15, -0.1) is 0 Å². The predicted molar refractivity (Wildman–Crippen MR) is 160 cm³/mol. The van der Waals surface area contributed by atoms with Crippen LogP contribution in [0.1, 0.15) is 33.4 Å². The third-order valence-corrected chi connectivity index (χ3v) is 7.46. The zero-order chi connectivity index (χ0) is 28.7. The fourth-order valence-corrected chi connectivity index (χ4v) is 5.34. The fourth-order valence-electron chi connectivity index (χ4n) is 5.34. The van der Waals surface area contributed by atoms with E-state index in [4.69, 9.17) is 0 Å². The third-order valence-electron chi connectivity index (χ3n) is 7.46. The van der Waals surface area contributed by atoms with Crippen molar-refractivity contribution in [1.29, 1.82) is 10.5 Å². The van der Waals surface area contributed by atoms with Crippen LogP contribution in [0.3, 0.4) is 0 Å². The van der Waals surface area contributed by atoms with Crippen LogP contribution in [-0.2, 0) is 6.18 Å². The van der Waals surface area contributed by atoms with Gasteiger partial charge in [-0.1, -0.05) is 90.5 Å². The maximum absolute atomic E-state index is 13.0. The lowest BCUT2D eigenvalue weighted by Crippen LogP contribution is -2.04. The largest absolute Gasteiger partial charge is 0.416 e. The van der Waals surface area contributed by atoms with E-state index in [1.54, 1.807) is 6.08 Å². The zero-order valence-corrected chi connectivity index (χ0v) is 21.9. The Morgan fingerprint density at radius 2 is 1.00 bits per heavy atom. The van der Waals surface area contributed by atoms with Gasteiger partial charge in [-0.3, -0.25) is 0 Å². The van der Waals surface area contributed by atoms with Crippen LogP contribution >= 0.6 is 0 Å². The van der Waals surface area contributed by atoms with Crippen molar-refractivity contribution in [3.05, 3.63) is 130 Å². The first-order valence-corrected chi connectivity index (χ1v) is 13.0. The van der Waals surface area contributed by atoms with Crippen LogP contribution in [0.2, 0.25) is 0 Å². The van der Waals surface area contributed by atoms with Crippen LogP contribution in [0.25, 0.3) is 55.6 Å². The summed E-state index contributed by atoms with van der Waals surface area (Å²) < 4.78 is 39.1. The van der Waals surface area contributed by atoms with Gasteiger partial charge in [-0.25, -0.2) is 0 Å². The van der Waals surface area contributed by atoms with Crippen molar-refractivity contribution in [3.8, 4) is 12.1 Å². The number of aryl methyl sites for hydroxylation is 1. The summed E-state index contributed by atoms with van der Waals surface area (Å²) in [6.45, 7) is 2.01. The van der Waals surface area contributed by atoms with Gasteiger partial charge in [0, 0.05) is 0 Å². The monoisotopic (exact) mass is 538 g/mol. The molecular weight excluding hydrogens is 517 g/mol. The molecule has 0 saturated carbocycles. The number of nitriles is 2. The van der Waals surface area contributed by atoms with E-state index in [0.29, 0.717) is 11.1 Å². The average molecular weight is 539 g/mol. The summed E-state index contributed by atoms with van der Waals surface area (Å²) >= 11 is 0. The molecule has 6 aromatic rings. The highest BCUT2D eigenvalue weighted by molar-refractivity contribution is 6.26.